The molecule has 8 nitrogen and oxygen atoms in total. The average molecular weight is 516 g/mol. The van der Waals surface area contributed by atoms with E-state index in [0.29, 0.717) is 22.7 Å². The Bertz CT molecular complexity index is 1530. The second kappa shape index (κ2) is 9.52. The van der Waals surface area contributed by atoms with Crippen molar-refractivity contribution in [2.45, 2.75) is 63.5 Å². The number of hydrazine groups is 2. The summed E-state index contributed by atoms with van der Waals surface area (Å²) >= 11 is 0. The number of hydrogen-bond donors (Lipinski definition) is 4. The van der Waals surface area contributed by atoms with Gasteiger partial charge in [-0.05, 0) is 48.8 Å². The number of nitrogens with zero attached hydrogens (tertiary/aromatic N) is 4. The third kappa shape index (κ3) is 4.54. The Hall–Kier alpha value is -4.21. The van der Waals surface area contributed by atoms with Crippen LogP contribution in [0, 0.1) is 28.1 Å². The number of fused-ring (bicyclic) bond motifs is 1. The summed E-state index contributed by atoms with van der Waals surface area (Å²) in [6.45, 7) is 4.54. The van der Waals surface area contributed by atoms with Gasteiger partial charge in [0.25, 0.3) is 0 Å². The summed E-state index contributed by atoms with van der Waals surface area (Å²) in [5.41, 5.74) is 11.3. The van der Waals surface area contributed by atoms with Crippen molar-refractivity contribution in [3.05, 3.63) is 77.2 Å². The van der Waals surface area contributed by atoms with E-state index in [2.05, 4.69) is 83.8 Å². The molecule has 39 heavy (non-hydrogen) atoms. The zero-order chi connectivity index (χ0) is 27.2. The molecule has 2 heterocycles. The van der Waals surface area contributed by atoms with Crippen molar-refractivity contribution >= 4 is 30.1 Å². The minimum Gasteiger partial charge on any atom is -0.380 e. The fourth-order valence-corrected chi connectivity index (χ4v) is 5.96. The minimum atomic E-state index is -0.625. The van der Waals surface area contributed by atoms with Gasteiger partial charge in [-0.2, -0.15) is 10.5 Å². The quantitative estimate of drug-likeness (QED) is 0.346. The highest BCUT2D eigenvalue weighted by atomic mass is 15.7. The molecule has 0 saturated heterocycles. The molecule has 2 aliphatic carbocycles. The van der Waals surface area contributed by atoms with Crippen LogP contribution >= 0.6 is 0 Å². The van der Waals surface area contributed by atoms with Crippen molar-refractivity contribution in [2.75, 3.05) is 10.6 Å². The molecule has 2 aromatic carbocycles. The smallest absolute Gasteiger partial charge is 0.148 e. The van der Waals surface area contributed by atoms with Gasteiger partial charge in [-0.3, -0.25) is 9.99 Å². The second-order valence-electron chi connectivity index (χ2n) is 11.8. The van der Waals surface area contributed by atoms with Gasteiger partial charge in [0, 0.05) is 35.6 Å². The van der Waals surface area contributed by atoms with E-state index < -0.39 is 5.44 Å². The summed E-state index contributed by atoms with van der Waals surface area (Å²) in [6.07, 6.45) is 9.39. The Kier molecular flexibility index (Phi) is 6.12. The fourth-order valence-electron chi connectivity index (χ4n) is 5.96. The van der Waals surface area contributed by atoms with Gasteiger partial charge in [0.2, 0.25) is 0 Å². The van der Waals surface area contributed by atoms with Gasteiger partial charge >= 0.3 is 0 Å². The molecule has 1 aromatic heterocycles. The van der Waals surface area contributed by atoms with Gasteiger partial charge < -0.3 is 16.1 Å². The number of hydrogen-bond acceptors (Lipinski definition) is 8. The monoisotopic (exact) mass is 516 g/mol. The third-order valence-corrected chi connectivity index (χ3v) is 8.60. The number of benzene rings is 2. The molecule has 2 fully saturated rings. The Labute approximate surface area is 230 Å². The van der Waals surface area contributed by atoms with Gasteiger partial charge in [0.15, 0.2) is 0 Å². The molecule has 1 aliphatic heterocycles. The lowest BCUT2D eigenvalue weighted by atomic mass is 9.69. The fraction of sp³-hybridized carbons (Fsp3) is 0.367. The molecule has 0 spiro atoms. The Morgan fingerprint density at radius 2 is 1.87 bits per heavy atom. The first kappa shape index (κ1) is 25.1. The molecule has 9 heteroatoms. The van der Waals surface area contributed by atoms with Crippen LogP contribution in [0.4, 0.5) is 11.4 Å². The highest BCUT2D eigenvalue weighted by Gasteiger charge is 2.38. The van der Waals surface area contributed by atoms with E-state index in [0.717, 1.165) is 47.3 Å². The Balaban J connectivity index is 1.46. The predicted octanol–water partition coefficient (Wildman–Crippen LogP) is 4.20. The maximum absolute atomic E-state index is 10.1. The van der Waals surface area contributed by atoms with E-state index in [-0.39, 0.29) is 11.5 Å². The molecular weight excluding hydrogens is 483 g/mol. The van der Waals surface area contributed by atoms with E-state index in [9.17, 15) is 10.5 Å². The highest BCUT2D eigenvalue weighted by Crippen LogP contribution is 2.42. The first-order valence-corrected chi connectivity index (χ1v) is 13.7. The van der Waals surface area contributed by atoms with Crippen LogP contribution in [0.2, 0.25) is 0 Å². The van der Waals surface area contributed by atoms with E-state index >= 15 is 0 Å². The lowest BCUT2D eigenvalue weighted by Crippen LogP contribution is -2.45. The molecule has 0 bridgehead atoms. The number of pyridine rings is 1. The Morgan fingerprint density at radius 1 is 1.10 bits per heavy atom. The van der Waals surface area contributed by atoms with Crippen LogP contribution in [-0.2, 0) is 5.44 Å². The van der Waals surface area contributed by atoms with Crippen LogP contribution < -0.4 is 21.6 Å². The summed E-state index contributed by atoms with van der Waals surface area (Å²) in [7, 11) is 2.14. The van der Waals surface area contributed by atoms with Crippen molar-refractivity contribution in [1.29, 1.82) is 10.5 Å². The van der Waals surface area contributed by atoms with Gasteiger partial charge in [0.05, 0.1) is 33.5 Å². The topological polar surface area (TPSA) is 112 Å². The zero-order valence-electron chi connectivity index (χ0n) is 22.7. The second-order valence-corrected chi connectivity index (χ2v) is 11.8. The first-order chi connectivity index (χ1) is 18.8. The number of nitrogens with one attached hydrogen (secondary N) is 4. The predicted molar refractivity (Wildman–Crippen MR) is 156 cm³/mol. The minimum absolute atomic E-state index is 0.114. The number of rotatable bonds is 7. The largest absolute Gasteiger partial charge is 0.380 e. The summed E-state index contributed by atoms with van der Waals surface area (Å²) < 4.78 is 0. The molecule has 3 aromatic rings. The van der Waals surface area contributed by atoms with Crippen molar-refractivity contribution in [3.8, 4) is 12.1 Å². The normalized spacial score (nSPS) is 21.4. The van der Waals surface area contributed by atoms with E-state index in [1.54, 1.807) is 6.20 Å². The summed E-state index contributed by atoms with van der Waals surface area (Å²) in [5, 5.41) is 30.5. The molecule has 0 radical (unpaired) electrons. The molecule has 196 valence electrons. The van der Waals surface area contributed by atoms with Crippen LogP contribution in [-0.4, -0.2) is 29.9 Å². The molecule has 0 amide bonds. The molecule has 2 saturated carbocycles. The average Bonchev–Trinajstić information content (AvgIpc) is 3.57. The lowest BCUT2D eigenvalue weighted by Gasteiger charge is -2.34. The van der Waals surface area contributed by atoms with Gasteiger partial charge in [-0.25, -0.2) is 0 Å². The van der Waals surface area contributed by atoms with Gasteiger partial charge in [-0.15, -0.1) is 5.53 Å². The van der Waals surface area contributed by atoms with E-state index in [1.807, 2.05) is 30.3 Å². The van der Waals surface area contributed by atoms with Gasteiger partial charge in [-0.1, -0.05) is 50.6 Å². The molecule has 6 rings (SSSR count). The SMILES string of the molecule is BC(Nc1cc(C#N)c2ncc(C#N)c(NC3CCCC3(C)C)c2c1)(C1=CN(C2CC2)NN1)c1ccccc1. The summed E-state index contributed by atoms with van der Waals surface area (Å²) in [4.78, 5) is 4.55. The summed E-state index contributed by atoms with van der Waals surface area (Å²) in [5.74, 6) is 0. The van der Waals surface area contributed by atoms with Crippen LogP contribution in [0.15, 0.2) is 60.6 Å². The maximum Gasteiger partial charge on any atom is 0.148 e. The first-order valence-electron chi connectivity index (χ1n) is 13.7. The lowest BCUT2D eigenvalue weighted by molar-refractivity contribution is 0.260. The molecule has 2 unspecified atom stereocenters. The van der Waals surface area contributed by atoms with Crippen molar-refractivity contribution in [1.82, 2.24) is 21.0 Å². The van der Waals surface area contributed by atoms with E-state index in [1.165, 1.54) is 12.8 Å². The van der Waals surface area contributed by atoms with Crippen LogP contribution in [0.3, 0.4) is 0 Å². The van der Waals surface area contributed by atoms with Crippen molar-refractivity contribution < 1.29 is 0 Å². The molecule has 2 atom stereocenters. The van der Waals surface area contributed by atoms with Crippen LogP contribution in [0.1, 0.15) is 62.6 Å². The number of anilines is 2. The van der Waals surface area contributed by atoms with Gasteiger partial charge in [0.1, 0.15) is 20.0 Å². The maximum atomic E-state index is 10.1. The molecule has 3 aliphatic rings. The van der Waals surface area contributed by atoms with Crippen LogP contribution in [0.25, 0.3) is 10.9 Å². The summed E-state index contributed by atoms with van der Waals surface area (Å²) in [6, 6.07) is 19.6. The number of nitriles is 2. The zero-order valence-corrected chi connectivity index (χ0v) is 22.7. The van der Waals surface area contributed by atoms with E-state index in [4.69, 9.17) is 0 Å². The van der Waals surface area contributed by atoms with Crippen molar-refractivity contribution in [2.24, 2.45) is 5.41 Å². The van der Waals surface area contributed by atoms with Crippen molar-refractivity contribution in [3.63, 3.8) is 0 Å². The highest BCUT2D eigenvalue weighted by molar-refractivity contribution is 6.19. The molecular formula is C30H33BN8. The third-order valence-electron chi connectivity index (χ3n) is 8.60. The van der Waals surface area contributed by atoms with Crippen LogP contribution in [0.5, 0.6) is 0 Å². The Morgan fingerprint density at radius 3 is 2.54 bits per heavy atom. The standard InChI is InChI=1S/C30H33BN8/c1-29(2)12-6-9-25(29)35-28-20(16-33)17-34-27-19(15-32)13-22(14-24(27)28)36-30(31,21-7-4-3-5-8-21)26-18-39(38-37-26)23-10-11-23/h3-5,7-8,13-14,17-18,23,25,36-38H,6,9-12,31H2,1-2H3,(H,34,35). The molecule has 4 N–H and O–H groups in total. The number of aromatic nitrogens is 1.